The lowest BCUT2D eigenvalue weighted by Crippen LogP contribution is -2.49. The van der Waals surface area contributed by atoms with Crippen LogP contribution < -0.4 is 4.90 Å². The van der Waals surface area contributed by atoms with Crippen LogP contribution in [0.3, 0.4) is 0 Å². The molecule has 1 aromatic carbocycles. The fourth-order valence-corrected chi connectivity index (χ4v) is 3.45. The Hall–Kier alpha value is -3.73. The second kappa shape index (κ2) is 8.74. The van der Waals surface area contributed by atoms with Gasteiger partial charge in [0.1, 0.15) is 17.7 Å². The smallest absolute Gasteiger partial charge is 0.223 e. The third-order valence-electron chi connectivity index (χ3n) is 5.07. The van der Waals surface area contributed by atoms with E-state index in [1.807, 2.05) is 9.80 Å². The van der Waals surface area contributed by atoms with Crippen LogP contribution in [0.4, 0.5) is 10.2 Å². The highest BCUT2D eigenvalue weighted by molar-refractivity contribution is 5.76. The van der Waals surface area contributed by atoms with E-state index >= 15 is 0 Å². The fraction of sp³-hybridized carbons (Fsp3) is 0.273. The number of carbonyl (C=O) groups is 1. The number of nitrogens with zero attached hydrogens (tertiary/aromatic N) is 5. The zero-order valence-corrected chi connectivity index (χ0v) is 16.3. The first-order chi connectivity index (χ1) is 14.6. The number of rotatable bonds is 5. The van der Waals surface area contributed by atoms with Crippen molar-refractivity contribution in [1.29, 1.82) is 5.26 Å². The number of piperazine rings is 1. The summed E-state index contributed by atoms with van der Waals surface area (Å²) in [5.74, 6) is 1.43. The first-order valence-electron chi connectivity index (χ1n) is 9.72. The molecule has 0 N–H and O–H groups in total. The number of hydrogen-bond donors (Lipinski definition) is 0. The molecule has 0 unspecified atom stereocenters. The monoisotopic (exact) mass is 405 g/mol. The van der Waals surface area contributed by atoms with Crippen molar-refractivity contribution in [2.45, 2.75) is 12.8 Å². The van der Waals surface area contributed by atoms with Crippen molar-refractivity contribution in [2.24, 2.45) is 0 Å². The molecule has 2 aromatic heterocycles. The Balaban J connectivity index is 1.29. The van der Waals surface area contributed by atoms with Crippen molar-refractivity contribution in [3.8, 4) is 17.4 Å². The van der Waals surface area contributed by atoms with Gasteiger partial charge in [0, 0.05) is 50.8 Å². The maximum atomic E-state index is 13.0. The summed E-state index contributed by atoms with van der Waals surface area (Å²) in [6.45, 7) is 2.41. The first kappa shape index (κ1) is 19.6. The third-order valence-corrected chi connectivity index (χ3v) is 5.07. The van der Waals surface area contributed by atoms with Crippen LogP contribution in [0.15, 0.2) is 53.2 Å². The van der Waals surface area contributed by atoms with E-state index in [4.69, 9.17) is 4.42 Å². The van der Waals surface area contributed by atoms with E-state index in [1.54, 1.807) is 36.7 Å². The molecule has 0 spiro atoms. The summed E-state index contributed by atoms with van der Waals surface area (Å²) in [6, 6.07) is 11.6. The minimum Gasteiger partial charge on any atom is -0.441 e. The number of aryl methyl sites for hydroxylation is 1. The molecular weight excluding hydrogens is 385 g/mol. The third kappa shape index (κ3) is 4.30. The van der Waals surface area contributed by atoms with Gasteiger partial charge in [-0.05, 0) is 36.4 Å². The van der Waals surface area contributed by atoms with Crippen LogP contribution in [-0.4, -0.2) is 47.0 Å². The molecular formula is C22H20FN5O2. The molecule has 1 aliphatic heterocycles. The van der Waals surface area contributed by atoms with Gasteiger partial charge < -0.3 is 14.2 Å². The number of anilines is 1. The SMILES string of the molecule is N#Cc1cccnc1N1CCN(C(=O)CCc2ncc(-c3ccc(F)cc3)o2)CC1. The van der Waals surface area contributed by atoms with Crippen LogP contribution in [0, 0.1) is 17.1 Å². The second-order valence-corrected chi connectivity index (χ2v) is 6.98. The van der Waals surface area contributed by atoms with Crippen molar-refractivity contribution >= 4 is 11.7 Å². The van der Waals surface area contributed by atoms with E-state index in [9.17, 15) is 14.4 Å². The maximum absolute atomic E-state index is 13.0. The van der Waals surface area contributed by atoms with Crippen molar-refractivity contribution in [3.63, 3.8) is 0 Å². The molecule has 1 amide bonds. The quantitative estimate of drug-likeness (QED) is 0.649. The molecule has 0 bridgehead atoms. The molecule has 0 saturated carbocycles. The van der Waals surface area contributed by atoms with Gasteiger partial charge in [0.2, 0.25) is 5.91 Å². The molecule has 1 fully saturated rings. The fourth-order valence-electron chi connectivity index (χ4n) is 3.45. The number of carbonyl (C=O) groups excluding carboxylic acids is 1. The summed E-state index contributed by atoms with van der Waals surface area (Å²) in [5, 5.41) is 9.24. The summed E-state index contributed by atoms with van der Waals surface area (Å²) in [4.78, 5) is 25.0. The Morgan fingerprint density at radius 3 is 2.63 bits per heavy atom. The standard InChI is InChI=1S/C22H20FN5O2/c23-18-5-3-16(4-6-18)19-15-26-20(30-19)7-8-21(29)27-10-12-28(13-11-27)22-17(14-24)2-1-9-25-22/h1-6,9,15H,7-8,10-13H2. The van der Waals surface area contributed by atoms with Gasteiger partial charge >= 0.3 is 0 Å². The van der Waals surface area contributed by atoms with E-state index in [0.717, 1.165) is 5.56 Å². The highest BCUT2D eigenvalue weighted by atomic mass is 19.1. The first-order valence-corrected chi connectivity index (χ1v) is 9.72. The Kier molecular flexibility index (Phi) is 5.70. The van der Waals surface area contributed by atoms with Gasteiger partial charge in [-0.25, -0.2) is 14.4 Å². The highest BCUT2D eigenvalue weighted by Gasteiger charge is 2.23. The zero-order chi connectivity index (χ0) is 20.9. The lowest BCUT2D eigenvalue weighted by Gasteiger charge is -2.35. The highest BCUT2D eigenvalue weighted by Crippen LogP contribution is 2.22. The van der Waals surface area contributed by atoms with Gasteiger partial charge in [-0.3, -0.25) is 4.79 Å². The van der Waals surface area contributed by atoms with Crippen LogP contribution in [0.5, 0.6) is 0 Å². The average Bonchev–Trinajstić information content (AvgIpc) is 3.27. The normalized spacial score (nSPS) is 13.9. The van der Waals surface area contributed by atoms with Gasteiger partial charge in [0.05, 0.1) is 11.8 Å². The molecule has 30 heavy (non-hydrogen) atoms. The maximum Gasteiger partial charge on any atom is 0.223 e. The zero-order valence-electron chi connectivity index (χ0n) is 16.3. The summed E-state index contributed by atoms with van der Waals surface area (Å²) >= 11 is 0. The molecule has 0 radical (unpaired) electrons. The molecule has 3 aromatic rings. The number of nitriles is 1. The Morgan fingerprint density at radius 1 is 1.13 bits per heavy atom. The van der Waals surface area contributed by atoms with Gasteiger partial charge in [0.25, 0.3) is 0 Å². The van der Waals surface area contributed by atoms with Crippen LogP contribution in [0.1, 0.15) is 17.9 Å². The Morgan fingerprint density at radius 2 is 1.90 bits per heavy atom. The van der Waals surface area contributed by atoms with Gasteiger partial charge in [-0.2, -0.15) is 5.26 Å². The van der Waals surface area contributed by atoms with Crippen LogP contribution in [0.25, 0.3) is 11.3 Å². The summed E-state index contributed by atoms with van der Waals surface area (Å²) in [6.07, 6.45) is 3.96. The number of aromatic nitrogens is 2. The van der Waals surface area contributed by atoms with Gasteiger partial charge in [-0.1, -0.05) is 0 Å². The number of amides is 1. The molecule has 1 aliphatic rings. The summed E-state index contributed by atoms with van der Waals surface area (Å²) in [5.41, 5.74) is 1.28. The van der Waals surface area contributed by atoms with E-state index in [-0.39, 0.29) is 11.7 Å². The van der Waals surface area contributed by atoms with Crippen molar-refractivity contribution in [3.05, 3.63) is 66.1 Å². The minimum atomic E-state index is -0.309. The molecule has 4 rings (SSSR count). The van der Waals surface area contributed by atoms with E-state index in [0.29, 0.717) is 62.1 Å². The Bertz CT molecular complexity index is 1070. The second-order valence-electron chi connectivity index (χ2n) is 6.98. The predicted molar refractivity (Wildman–Crippen MR) is 108 cm³/mol. The van der Waals surface area contributed by atoms with Crippen molar-refractivity contribution < 1.29 is 13.6 Å². The van der Waals surface area contributed by atoms with Gasteiger partial charge in [0.15, 0.2) is 11.7 Å². The van der Waals surface area contributed by atoms with Gasteiger partial charge in [-0.15, -0.1) is 0 Å². The molecule has 0 aliphatic carbocycles. The topological polar surface area (TPSA) is 86.3 Å². The lowest BCUT2D eigenvalue weighted by atomic mass is 10.2. The van der Waals surface area contributed by atoms with Crippen LogP contribution >= 0.6 is 0 Å². The number of oxazole rings is 1. The number of pyridine rings is 1. The van der Waals surface area contributed by atoms with Crippen LogP contribution in [-0.2, 0) is 11.2 Å². The van der Waals surface area contributed by atoms with Crippen LogP contribution in [0.2, 0.25) is 0 Å². The van der Waals surface area contributed by atoms with E-state index in [2.05, 4.69) is 16.0 Å². The van der Waals surface area contributed by atoms with Crippen molar-refractivity contribution in [1.82, 2.24) is 14.9 Å². The molecule has 8 heteroatoms. The molecule has 152 valence electrons. The molecule has 3 heterocycles. The molecule has 1 saturated heterocycles. The lowest BCUT2D eigenvalue weighted by molar-refractivity contribution is -0.131. The largest absolute Gasteiger partial charge is 0.441 e. The van der Waals surface area contributed by atoms with E-state index in [1.165, 1.54) is 12.1 Å². The average molecular weight is 405 g/mol. The molecule has 7 nitrogen and oxygen atoms in total. The summed E-state index contributed by atoms with van der Waals surface area (Å²) in [7, 11) is 0. The number of hydrogen-bond acceptors (Lipinski definition) is 6. The predicted octanol–water partition coefficient (Wildman–Crippen LogP) is 3.03. The van der Waals surface area contributed by atoms with E-state index < -0.39 is 0 Å². The summed E-state index contributed by atoms with van der Waals surface area (Å²) < 4.78 is 18.7. The number of halogens is 1. The Labute approximate surface area is 173 Å². The molecule has 0 atom stereocenters. The minimum absolute atomic E-state index is 0.0395. The van der Waals surface area contributed by atoms with Crippen molar-refractivity contribution in [2.75, 3.05) is 31.1 Å². The number of benzene rings is 1.